The zero-order chi connectivity index (χ0) is 11.4. The van der Waals surface area contributed by atoms with E-state index < -0.39 is 17.5 Å². The largest absolute Gasteiger partial charge is 0.460 e. The number of ether oxygens (including phenoxy) is 2. The lowest BCUT2D eigenvalue weighted by Gasteiger charge is -2.18. The number of rotatable bonds is 3. The van der Waals surface area contributed by atoms with Crippen LogP contribution in [-0.2, 0) is 19.1 Å². The minimum Gasteiger partial charge on any atom is -0.460 e. The summed E-state index contributed by atoms with van der Waals surface area (Å²) in [5.41, 5.74) is -0.583. The fraction of sp³-hybridized carbons (Fsp3) is 0.600. The Hall–Kier alpha value is -1.32. The van der Waals surface area contributed by atoms with E-state index in [0.29, 0.717) is 0 Å². The molecule has 80 valence electrons. The van der Waals surface area contributed by atoms with Crippen molar-refractivity contribution >= 4 is 11.9 Å². The van der Waals surface area contributed by atoms with Gasteiger partial charge in [-0.25, -0.2) is 0 Å². The van der Waals surface area contributed by atoms with Crippen molar-refractivity contribution in [3.8, 4) is 0 Å². The van der Waals surface area contributed by atoms with E-state index in [9.17, 15) is 9.59 Å². The normalized spacial score (nSPS) is 10.6. The van der Waals surface area contributed by atoms with Crippen LogP contribution in [0, 0.1) is 0 Å². The first-order valence-electron chi connectivity index (χ1n) is 4.29. The van der Waals surface area contributed by atoms with Gasteiger partial charge < -0.3 is 9.47 Å². The highest BCUT2D eigenvalue weighted by Crippen LogP contribution is 2.08. The molecule has 0 aromatic carbocycles. The standard InChI is InChI=1S/C10H16O4/c1-7(2)13-8(11)6-9(12)14-10(3,4)5/h1,6H2,2-5H3. The van der Waals surface area contributed by atoms with Crippen molar-refractivity contribution in [2.24, 2.45) is 0 Å². The molecule has 0 heterocycles. The average Bonchev–Trinajstić information content (AvgIpc) is 1.77. The van der Waals surface area contributed by atoms with Crippen molar-refractivity contribution in [1.82, 2.24) is 0 Å². The predicted molar refractivity (Wildman–Crippen MR) is 51.4 cm³/mol. The van der Waals surface area contributed by atoms with Crippen LogP contribution >= 0.6 is 0 Å². The fourth-order valence-corrected chi connectivity index (χ4v) is 0.726. The van der Waals surface area contributed by atoms with Gasteiger partial charge in [0, 0.05) is 0 Å². The van der Waals surface area contributed by atoms with Crippen LogP contribution in [0.25, 0.3) is 0 Å². The Kier molecular flexibility index (Phi) is 4.34. The SMILES string of the molecule is C=C(C)OC(=O)CC(=O)OC(C)(C)C. The Morgan fingerprint density at radius 2 is 1.71 bits per heavy atom. The summed E-state index contributed by atoms with van der Waals surface area (Å²) in [4.78, 5) is 22.1. The second-order valence-corrected chi connectivity index (χ2v) is 3.94. The van der Waals surface area contributed by atoms with Gasteiger partial charge in [0.1, 0.15) is 12.0 Å². The Morgan fingerprint density at radius 3 is 2.07 bits per heavy atom. The van der Waals surface area contributed by atoms with Gasteiger partial charge >= 0.3 is 11.9 Å². The van der Waals surface area contributed by atoms with Gasteiger partial charge in [0.25, 0.3) is 0 Å². The summed E-state index contributed by atoms with van der Waals surface area (Å²) in [5, 5.41) is 0. The zero-order valence-electron chi connectivity index (χ0n) is 9.05. The average molecular weight is 200 g/mol. The van der Waals surface area contributed by atoms with Gasteiger partial charge in [0.05, 0.1) is 5.76 Å². The van der Waals surface area contributed by atoms with E-state index in [2.05, 4.69) is 11.3 Å². The van der Waals surface area contributed by atoms with Crippen molar-refractivity contribution in [2.45, 2.75) is 39.7 Å². The van der Waals surface area contributed by atoms with E-state index in [1.165, 1.54) is 6.92 Å². The minimum atomic E-state index is -0.647. The monoisotopic (exact) mass is 200 g/mol. The molecule has 0 aliphatic carbocycles. The Morgan fingerprint density at radius 1 is 1.21 bits per heavy atom. The highest BCUT2D eigenvalue weighted by molar-refractivity contribution is 5.91. The van der Waals surface area contributed by atoms with Crippen molar-refractivity contribution < 1.29 is 19.1 Å². The molecule has 0 atom stereocenters. The molecule has 0 bridgehead atoms. The summed E-state index contributed by atoms with van der Waals surface area (Å²) >= 11 is 0. The van der Waals surface area contributed by atoms with Gasteiger partial charge in [0.2, 0.25) is 0 Å². The molecule has 0 saturated heterocycles. The number of allylic oxidation sites excluding steroid dienone is 1. The first kappa shape index (κ1) is 12.7. The zero-order valence-corrected chi connectivity index (χ0v) is 9.05. The lowest BCUT2D eigenvalue weighted by Crippen LogP contribution is -2.25. The molecular formula is C10H16O4. The predicted octanol–water partition coefficient (Wildman–Crippen LogP) is 1.79. The number of hydrogen-bond donors (Lipinski definition) is 0. The third kappa shape index (κ3) is 7.34. The molecule has 0 aromatic heterocycles. The maximum atomic E-state index is 11.1. The maximum absolute atomic E-state index is 11.1. The van der Waals surface area contributed by atoms with Crippen LogP contribution in [0.5, 0.6) is 0 Å². The van der Waals surface area contributed by atoms with Crippen LogP contribution in [0.3, 0.4) is 0 Å². The smallest absolute Gasteiger partial charge is 0.322 e. The number of hydrogen-bond acceptors (Lipinski definition) is 4. The molecule has 0 N–H and O–H groups in total. The van der Waals surface area contributed by atoms with E-state index in [1.807, 2.05) is 0 Å². The van der Waals surface area contributed by atoms with Crippen molar-refractivity contribution in [2.75, 3.05) is 0 Å². The highest BCUT2D eigenvalue weighted by atomic mass is 16.6. The van der Waals surface area contributed by atoms with Crippen LogP contribution in [0.2, 0.25) is 0 Å². The molecule has 0 unspecified atom stereocenters. The maximum Gasteiger partial charge on any atom is 0.322 e. The second kappa shape index (κ2) is 4.79. The lowest BCUT2D eigenvalue weighted by atomic mass is 10.2. The summed E-state index contributed by atoms with van der Waals surface area (Å²) in [6.45, 7) is 10.1. The molecule has 0 aromatic rings. The van der Waals surface area contributed by atoms with Gasteiger partial charge in [-0.15, -0.1) is 0 Å². The number of carbonyl (C=O) groups excluding carboxylic acids is 2. The summed E-state index contributed by atoms with van der Waals surface area (Å²) in [6.07, 6.45) is -0.385. The second-order valence-electron chi connectivity index (χ2n) is 3.94. The molecule has 0 spiro atoms. The van der Waals surface area contributed by atoms with Crippen LogP contribution in [0.15, 0.2) is 12.3 Å². The minimum absolute atomic E-state index is 0.263. The molecular weight excluding hydrogens is 184 g/mol. The molecule has 0 amide bonds. The summed E-state index contributed by atoms with van der Waals surface area (Å²) in [5.74, 6) is -0.978. The Labute approximate surface area is 83.9 Å². The molecule has 4 nitrogen and oxygen atoms in total. The van der Waals surface area contributed by atoms with E-state index >= 15 is 0 Å². The quantitative estimate of drug-likeness (QED) is 0.396. The Balaban J connectivity index is 3.96. The highest BCUT2D eigenvalue weighted by Gasteiger charge is 2.19. The summed E-state index contributed by atoms with van der Waals surface area (Å²) in [7, 11) is 0. The van der Waals surface area contributed by atoms with E-state index in [4.69, 9.17) is 4.74 Å². The van der Waals surface area contributed by atoms with Crippen LogP contribution in [0.1, 0.15) is 34.1 Å². The molecule has 0 rings (SSSR count). The van der Waals surface area contributed by atoms with Crippen LogP contribution in [0.4, 0.5) is 0 Å². The molecule has 14 heavy (non-hydrogen) atoms. The van der Waals surface area contributed by atoms with E-state index in [1.54, 1.807) is 20.8 Å². The van der Waals surface area contributed by atoms with E-state index in [-0.39, 0.29) is 12.2 Å². The lowest BCUT2D eigenvalue weighted by molar-refractivity contribution is -0.160. The van der Waals surface area contributed by atoms with Crippen LogP contribution in [-0.4, -0.2) is 17.5 Å². The first-order valence-corrected chi connectivity index (χ1v) is 4.29. The van der Waals surface area contributed by atoms with Gasteiger partial charge in [-0.1, -0.05) is 6.58 Å². The van der Waals surface area contributed by atoms with Gasteiger partial charge in [-0.05, 0) is 27.7 Å². The van der Waals surface area contributed by atoms with Gasteiger partial charge in [0.15, 0.2) is 0 Å². The molecule has 0 aliphatic heterocycles. The molecule has 4 heteroatoms. The number of esters is 2. The van der Waals surface area contributed by atoms with Crippen molar-refractivity contribution in [3.05, 3.63) is 12.3 Å². The van der Waals surface area contributed by atoms with E-state index in [0.717, 1.165) is 0 Å². The fourth-order valence-electron chi connectivity index (χ4n) is 0.726. The molecule has 0 fully saturated rings. The number of carbonyl (C=O) groups is 2. The Bertz CT molecular complexity index is 247. The summed E-state index contributed by atoms with van der Waals surface area (Å²) < 4.78 is 9.52. The summed E-state index contributed by atoms with van der Waals surface area (Å²) in [6, 6.07) is 0. The third-order valence-corrected chi connectivity index (χ3v) is 0.997. The van der Waals surface area contributed by atoms with Crippen LogP contribution < -0.4 is 0 Å². The van der Waals surface area contributed by atoms with Crippen molar-refractivity contribution in [3.63, 3.8) is 0 Å². The topological polar surface area (TPSA) is 52.6 Å². The third-order valence-electron chi connectivity index (χ3n) is 0.997. The molecule has 0 saturated carbocycles. The molecule has 0 aliphatic rings. The van der Waals surface area contributed by atoms with Gasteiger partial charge in [-0.2, -0.15) is 0 Å². The van der Waals surface area contributed by atoms with Crippen molar-refractivity contribution in [1.29, 1.82) is 0 Å². The first-order chi connectivity index (χ1) is 6.20. The molecule has 0 radical (unpaired) electrons. The van der Waals surface area contributed by atoms with Gasteiger partial charge in [-0.3, -0.25) is 9.59 Å².